The summed E-state index contributed by atoms with van der Waals surface area (Å²) in [5.74, 6) is 1.39. The van der Waals surface area contributed by atoms with Gasteiger partial charge >= 0.3 is 0 Å². The molecule has 0 aliphatic heterocycles. The van der Waals surface area contributed by atoms with E-state index >= 15 is 0 Å². The first-order valence-corrected chi connectivity index (χ1v) is 8.94. The molecular formula is C17H25N3OS. The molecule has 1 aliphatic carbocycles. The first kappa shape index (κ1) is 15.5. The lowest BCUT2D eigenvalue weighted by atomic mass is 10.2. The lowest BCUT2D eigenvalue weighted by Gasteiger charge is -2.24. The molecule has 0 bridgehead atoms. The van der Waals surface area contributed by atoms with Gasteiger partial charge in [0.2, 0.25) is 0 Å². The van der Waals surface area contributed by atoms with Crippen LogP contribution in [0, 0.1) is 18.8 Å². The van der Waals surface area contributed by atoms with Crippen LogP contribution in [0.3, 0.4) is 0 Å². The van der Waals surface area contributed by atoms with Gasteiger partial charge in [0.25, 0.3) is 5.91 Å². The largest absolute Gasteiger partial charge is 0.338 e. The Morgan fingerprint density at radius 1 is 1.45 bits per heavy atom. The van der Waals surface area contributed by atoms with Crippen LogP contribution in [0.25, 0.3) is 10.2 Å². The standard InChI is InChI=1S/C17H25N3OS/c1-10(2)9-20-17-14(11(3)18-20)8-15(22-17)16(21)19(5)12(4)13-6-7-13/h8,10,12-13H,6-7,9H2,1-5H3/t12-/m0/s1. The third-order valence-corrected chi connectivity index (χ3v) is 5.73. The average Bonchev–Trinajstić information content (AvgIpc) is 3.15. The first-order valence-electron chi connectivity index (χ1n) is 8.12. The normalized spacial score (nSPS) is 16.5. The predicted molar refractivity (Wildman–Crippen MR) is 91.5 cm³/mol. The smallest absolute Gasteiger partial charge is 0.264 e. The molecule has 2 aromatic rings. The van der Waals surface area contributed by atoms with E-state index in [1.165, 1.54) is 12.8 Å². The van der Waals surface area contributed by atoms with Crippen molar-refractivity contribution in [2.75, 3.05) is 7.05 Å². The van der Waals surface area contributed by atoms with E-state index in [1.807, 2.05) is 24.9 Å². The Balaban J connectivity index is 1.89. The molecule has 120 valence electrons. The van der Waals surface area contributed by atoms with Crippen molar-refractivity contribution in [2.24, 2.45) is 11.8 Å². The summed E-state index contributed by atoms with van der Waals surface area (Å²) in [6, 6.07) is 2.36. The minimum atomic E-state index is 0.149. The van der Waals surface area contributed by atoms with Gasteiger partial charge < -0.3 is 4.90 Å². The zero-order valence-corrected chi connectivity index (χ0v) is 14.9. The van der Waals surface area contributed by atoms with Crippen LogP contribution in [0.5, 0.6) is 0 Å². The highest BCUT2D eigenvalue weighted by Crippen LogP contribution is 2.36. The van der Waals surface area contributed by atoms with Crippen molar-refractivity contribution in [2.45, 2.75) is 53.1 Å². The van der Waals surface area contributed by atoms with Gasteiger partial charge in [-0.05, 0) is 44.6 Å². The molecule has 1 saturated carbocycles. The van der Waals surface area contributed by atoms with Crippen molar-refractivity contribution in [3.8, 4) is 0 Å². The van der Waals surface area contributed by atoms with Crippen molar-refractivity contribution in [3.63, 3.8) is 0 Å². The number of rotatable bonds is 5. The van der Waals surface area contributed by atoms with Crippen molar-refractivity contribution < 1.29 is 4.79 Å². The number of carbonyl (C=O) groups excluding carboxylic acids is 1. The van der Waals surface area contributed by atoms with E-state index < -0.39 is 0 Å². The van der Waals surface area contributed by atoms with Gasteiger partial charge in [-0.2, -0.15) is 5.10 Å². The molecule has 0 saturated heterocycles. The predicted octanol–water partition coefficient (Wildman–Crippen LogP) is 3.93. The fourth-order valence-electron chi connectivity index (χ4n) is 2.94. The number of carbonyl (C=O) groups is 1. The second-order valence-corrected chi connectivity index (χ2v) is 8.02. The maximum absolute atomic E-state index is 12.7. The summed E-state index contributed by atoms with van der Waals surface area (Å²) in [4.78, 5) is 16.6. The number of thiophene rings is 1. The summed E-state index contributed by atoms with van der Waals surface area (Å²) in [5, 5.41) is 5.74. The quantitative estimate of drug-likeness (QED) is 0.837. The van der Waals surface area contributed by atoms with Gasteiger partial charge in [-0.1, -0.05) is 13.8 Å². The highest BCUT2D eigenvalue weighted by molar-refractivity contribution is 7.20. The molecular weight excluding hydrogens is 294 g/mol. The van der Waals surface area contributed by atoms with Crippen molar-refractivity contribution in [3.05, 3.63) is 16.6 Å². The SMILES string of the molecule is Cc1nn(CC(C)C)c2sc(C(=O)N(C)[C@@H](C)C3CC3)cc12. The molecule has 5 heteroatoms. The lowest BCUT2D eigenvalue weighted by Crippen LogP contribution is -2.35. The van der Waals surface area contributed by atoms with E-state index in [1.54, 1.807) is 11.3 Å². The van der Waals surface area contributed by atoms with Crippen molar-refractivity contribution in [1.29, 1.82) is 0 Å². The summed E-state index contributed by atoms with van der Waals surface area (Å²) in [5.41, 5.74) is 1.02. The Bertz CT molecular complexity index is 696. The van der Waals surface area contributed by atoms with Crippen LogP contribution in [0.15, 0.2) is 6.07 Å². The molecule has 0 aromatic carbocycles. The second-order valence-electron chi connectivity index (χ2n) is 6.98. The van der Waals surface area contributed by atoms with Crippen molar-refractivity contribution in [1.82, 2.24) is 14.7 Å². The number of aryl methyl sites for hydroxylation is 1. The summed E-state index contributed by atoms with van der Waals surface area (Å²) in [6.45, 7) is 9.46. The van der Waals surface area contributed by atoms with Crippen LogP contribution >= 0.6 is 11.3 Å². The first-order chi connectivity index (χ1) is 10.4. The van der Waals surface area contributed by atoms with Crippen LogP contribution in [-0.2, 0) is 6.54 Å². The Kier molecular flexibility index (Phi) is 4.02. The van der Waals surface area contributed by atoms with E-state index in [-0.39, 0.29) is 5.91 Å². The Morgan fingerprint density at radius 3 is 2.73 bits per heavy atom. The molecule has 0 unspecified atom stereocenters. The van der Waals surface area contributed by atoms with Crippen molar-refractivity contribution >= 4 is 27.5 Å². The zero-order valence-electron chi connectivity index (χ0n) is 14.1. The monoisotopic (exact) mass is 319 g/mol. The minimum absolute atomic E-state index is 0.149. The molecule has 1 amide bonds. The van der Waals surface area contributed by atoms with Gasteiger partial charge in [-0.15, -0.1) is 11.3 Å². The number of fused-ring (bicyclic) bond motifs is 1. The summed E-state index contributed by atoms with van der Waals surface area (Å²) in [7, 11) is 1.93. The number of aromatic nitrogens is 2. The van der Waals surface area contributed by atoms with Crippen LogP contribution in [0.2, 0.25) is 0 Å². The number of hydrogen-bond acceptors (Lipinski definition) is 3. The number of hydrogen-bond donors (Lipinski definition) is 0. The zero-order chi connectivity index (χ0) is 16.0. The van der Waals surface area contributed by atoms with E-state index in [9.17, 15) is 4.79 Å². The van der Waals surface area contributed by atoms with E-state index in [2.05, 4.69) is 30.6 Å². The molecule has 1 atom stereocenters. The fraction of sp³-hybridized carbons (Fsp3) is 0.647. The molecule has 0 N–H and O–H groups in total. The third-order valence-electron chi connectivity index (χ3n) is 4.59. The topological polar surface area (TPSA) is 38.1 Å². The van der Waals surface area contributed by atoms with Gasteiger partial charge in [0.1, 0.15) is 4.83 Å². The van der Waals surface area contributed by atoms with Gasteiger partial charge in [-0.3, -0.25) is 9.48 Å². The average molecular weight is 319 g/mol. The van der Waals surface area contributed by atoms with E-state index in [0.717, 1.165) is 27.3 Å². The molecule has 0 radical (unpaired) electrons. The van der Waals surface area contributed by atoms with E-state index in [4.69, 9.17) is 0 Å². The molecule has 4 nitrogen and oxygen atoms in total. The maximum atomic E-state index is 12.7. The molecule has 1 aliphatic rings. The number of nitrogens with zero attached hydrogens (tertiary/aromatic N) is 3. The number of amides is 1. The third kappa shape index (κ3) is 2.78. The Labute approximate surface area is 136 Å². The van der Waals surface area contributed by atoms with Crippen LogP contribution in [0.1, 0.15) is 49.0 Å². The Hall–Kier alpha value is -1.36. The van der Waals surface area contributed by atoms with Crippen LogP contribution < -0.4 is 0 Å². The van der Waals surface area contributed by atoms with Crippen LogP contribution in [-0.4, -0.2) is 33.7 Å². The highest BCUT2D eigenvalue weighted by atomic mass is 32.1. The summed E-state index contributed by atoms with van der Waals surface area (Å²) in [6.07, 6.45) is 2.52. The van der Waals surface area contributed by atoms with Crippen LogP contribution in [0.4, 0.5) is 0 Å². The molecule has 2 aromatic heterocycles. The molecule has 2 heterocycles. The minimum Gasteiger partial charge on any atom is -0.338 e. The summed E-state index contributed by atoms with van der Waals surface area (Å²) >= 11 is 1.58. The highest BCUT2D eigenvalue weighted by Gasteiger charge is 2.33. The van der Waals surface area contributed by atoms with Gasteiger partial charge in [0.15, 0.2) is 0 Å². The lowest BCUT2D eigenvalue weighted by molar-refractivity contribution is 0.0732. The fourth-order valence-corrected chi connectivity index (χ4v) is 4.10. The molecule has 1 fully saturated rings. The van der Waals surface area contributed by atoms with Gasteiger partial charge in [-0.25, -0.2) is 0 Å². The molecule has 22 heavy (non-hydrogen) atoms. The second kappa shape index (κ2) is 5.69. The van der Waals surface area contributed by atoms with E-state index in [0.29, 0.717) is 17.9 Å². The van der Waals surface area contributed by atoms with Gasteiger partial charge in [0, 0.05) is 25.0 Å². The summed E-state index contributed by atoms with van der Waals surface area (Å²) < 4.78 is 2.06. The Morgan fingerprint density at radius 2 is 2.14 bits per heavy atom. The van der Waals surface area contributed by atoms with Gasteiger partial charge in [0.05, 0.1) is 10.6 Å². The molecule has 3 rings (SSSR count). The maximum Gasteiger partial charge on any atom is 0.264 e. The molecule has 0 spiro atoms.